The number of furan rings is 1. The van der Waals surface area contributed by atoms with E-state index in [0.29, 0.717) is 10.0 Å². The second kappa shape index (κ2) is 8.18. The van der Waals surface area contributed by atoms with Crippen molar-refractivity contribution in [3.63, 3.8) is 0 Å². The summed E-state index contributed by atoms with van der Waals surface area (Å²) in [5.74, 6) is 1.77. The van der Waals surface area contributed by atoms with Gasteiger partial charge in [-0.1, -0.05) is 23.2 Å². The lowest BCUT2D eigenvalue weighted by molar-refractivity contribution is -0.920. The van der Waals surface area contributed by atoms with Crippen LogP contribution in [0.5, 0.6) is 0 Å². The fourth-order valence-electron chi connectivity index (χ4n) is 2.80. The Kier molecular flexibility index (Phi) is 5.97. The number of hydrogen-bond acceptors (Lipinski definition) is 2. The summed E-state index contributed by atoms with van der Waals surface area (Å²) in [6, 6.07) is 9.43. The summed E-state index contributed by atoms with van der Waals surface area (Å²) in [6.45, 7) is 7.12. The molecule has 1 aliphatic heterocycles. The summed E-state index contributed by atoms with van der Waals surface area (Å²) in [5, 5.41) is 3.52. The Morgan fingerprint density at radius 1 is 1.04 bits per heavy atom. The molecule has 0 saturated carbocycles. The van der Waals surface area contributed by atoms with Gasteiger partial charge in [0.1, 0.15) is 38.5 Å². The first-order valence-corrected chi connectivity index (χ1v) is 8.74. The van der Waals surface area contributed by atoms with E-state index < -0.39 is 0 Å². The maximum Gasteiger partial charge on any atom is 0.158 e. The lowest BCUT2D eigenvalue weighted by atomic mass is 10.2. The molecule has 2 aromatic rings. The molecule has 3 rings (SSSR count). The highest BCUT2D eigenvalue weighted by Gasteiger charge is 2.14. The topological polar surface area (TPSA) is 43.4 Å². The standard InChI is InChI=1S/C17H20Cl2N2O2/c18-14-9-13(10-15(19)11-14)17-2-1-16(23-17)12-20-3-4-21-5-7-22-8-6-21/h1-2,9-11,20H,3-8,12H2/p+2. The first-order valence-electron chi connectivity index (χ1n) is 7.99. The summed E-state index contributed by atoms with van der Waals surface area (Å²) < 4.78 is 11.3. The second-order valence-electron chi connectivity index (χ2n) is 5.82. The minimum Gasteiger partial charge on any atom is -0.455 e. The van der Waals surface area contributed by atoms with Gasteiger partial charge in [0.05, 0.1) is 13.2 Å². The van der Waals surface area contributed by atoms with Crippen molar-refractivity contribution in [3.05, 3.63) is 46.1 Å². The average Bonchev–Trinajstić information content (AvgIpc) is 3.01. The van der Waals surface area contributed by atoms with Crippen LogP contribution in [0.25, 0.3) is 11.3 Å². The van der Waals surface area contributed by atoms with E-state index in [0.717, 1.165) is 56.5 Å². The number of morpholine rings is 1. The summed E-state index contributed by atoms with van der Waals surface area (Å²) >= 11 is 12.1. The number of rotatable bonds is 6. The maximum atomic E-state index is 6.04. The Morgan fingerprint density at radius 3 is 2.52 bits per heavy atom. The van der Waals surface area contributed by atoms with Crippen molar-refractivity contribution < 1.29 is 19.4 Å². The Hall–Kier alpha value is -1.04. The largest absolute Gasteiger partial charge is 0.455 e. The van der Waals surface area contributed by atoms with Crippen molar-refractivity contribution in [2.24, 2.45) is 0 Å². The van der Waals surface area contributed by atoms with Gasteiger partial charge in [0, 0.05) is 15.6 Å². The third kappa shape index (κ3) is 4.96. The summed E-state index contributed by atoms with van der Waals surface area (Å²) in [7, 11) is 0. The zero-order chi connectivity index (χ0) is 16.1. The molecule has 0 bridgehead atoms. The fourth-order valence-corrected chi connectivity index (χ4v) is 3.33. The van der Waals surface area contributed by atoms with Gasteiger partial charge in [0.2, 0.25) is 0 Å². The summed E-state index contributed by atoms with van der Waals surface area (Å²) in [5.41, 5.74) is 0.909. The van der Waals surface area contributed by atoms with E-state index in [1.165, 1.54) is 6.54 Å². The Balaban J connectivity index is 1.49. The molecule has 0 spiro atoms. The van der Waals surface area contributed by atoms with Gasteiger partial charge in [-0.25, -0.2) is 0 Å². The van der Waals surface area contributed by atoms with E-state index in [1.807, 2.05) is 24.3 Å². The minimum absolute atomic E-state index is 0.616. The Bertz CT molecular complexity index is 619. The molecular weight excluding hydrogens is 335 g/mol. The third-order valence-corrected chi connectivity index (χ3v) is 4.49. The van der Waals surface area contributed by atoms with E-state index in [9.17, 15) is 0 Å². The molecular formula is C17H22Cl2N2O2+2. The van der Waals surface area contributed by atoms with Crippen LogP contribution in [0, 0.1) is 0 Å². The van der Waals surface area contributed by atoms with Crippen molar-refractivity contribution in [1.29, 1.82) is 0 Å². The van der Waals surface area contributed by atoms with Gasteiger partial charge in [0.15, 0.2) is 5.76 Å². The molecule has 0 atom stereocenters. The number of benzene rings is 1. The van der Waals surface area contributed by atoms with Crippen LogP contribution < -0.4 is 10.2 Å². The van der Waals surface area contributed by atoms with Gasteiger partial charge >= 0.3 is 0 Å². The quantitative estimate of drug-likeness (QED) is 0.764. The fraction of sp³-hybridized carbons (Fsp3) is 0.412. The van der Waals surface area contributed by atoms with Gasteiger partial charge in [-0.3, -0.25) is 0 Å². The van der Waals surface area contributed by atoms with E-state index in [1.54, 1.807) is 11.0 Å². The summed E-state index contributed by atoms with van der Waals surface area (Å²) in [6.07, 6.45) is 0. The molecule has 1 aliphatic rings. The number of nitrogens with two attached hydrogens (primary N) is 1. The van der Waals surface area contributed by atoms with Gasteiger partial charge in [-0.2, -0.15) is 0 Å². The van der Waals surface area contributed by atoms with E-state index in [-0.39, 0.29) is 0 Å². The molecule has 2 heterocycles. The van der Waals surface area contributed by atoms with Crippen molar-refractivity contribution in [1.82, 2.24) is 0 Å². The first-order chi connectivity index (χ1) is 11.2. The van der Waals surface area contributed by atoms with Crippen LogP contribution in [0.1, 0.15) is 5.76 Å². The number of quaternary nitrogens is 2. The highest BCUT2D eigenvalue weighted by molar-refractivity contribution is 6.35. The third-order valence-electron chi connectivity index (χ3n) is 4.06. The van der Waals surface area contributed by atoms with Crippen LogP contribution in [-0.2, 0) is 11.3 Å². The van der Waals surface area contributed by atoms with Crippen LogP contribution in [0.3, 0.4) is 0 Å². The molecule has 4 nitrogen and oxygen atoms in total. The molecule has 1 fully saturated rings. The normalized spacial score (nSPS) is 15.9. The number of ether oxygens (including phenoxy) is 1. The zero-order valence-corrected chi connectivity index (χ0v) is 14.5. The highest BCUT2D eigenvalue weighted by atomic mass is 35.5. The lowest BCUT2D eigenvalue weighted by Crippen LogP contribution is -3.16. The molecule has 1 aromatic carbocycles. The number of halogens is 2. The van der Waals surface area contributed by atoms with Crippen molar-refractivity contribution in [3.8, 4) is 11.3 Å². The Labute approximate surface area is 146 Å². The second-order valence-corrected chi connectivity index (χ2v) is 6.69. The molecule has 1 saturated heterocycles. The van der Waals surface area contributed by atoms with Crippen LogP contribution >= 0.6 is 23.2 Å². The molecule has 0 aliphatic carbocycles. The average molecular weight is 357 g/mol. The van der Waals surface area contributed by atoms with Crippen LogP contribution in [0.2, 0.25) is 10.0 Å². The van der Waals surface area contributed by atoms with Crippen LogP contribution in [-0.4, -0.2) is 39.4 Å². The minimum atomic E-state index is 0.616. The lowest BCUT2D eigenvalue weighted by Gasteiger charge is -2.22. The molecule has 23 heavy (non-hydrogen) atoms. The molecule has 0 amide bonds. The van der Waals surface area contributed by atoms with E-state index in [2.05, 4.69) is 5.32 Å². The van der Waals surface area contributed by atoms with Crippen LogP contribution in [0.15, 0.2) is 34.7 Å². The zero-order valence-electron chi connectivity index (χ0n) is 13.0. The smallest absolute Gasteiger partial charge is 0.158 e. The Morgan fingerprint density at radius 2 is 1.78 bits per heavy atom. The first kappa shape index (κ1) is 16.8. The maximum absolute atomic E-state index is 6.04. The molecule has 1 aromatic heterocycles. The summed E-state index contributed by atoms with van der Waals surface area (Å²) in [4.78, 5) is 1.63. The molecule has 124 valence electrons. The predicted octanol–water partition coefficient (Wildman–Crippen LogP) is 1.23. The van der Waals surface area contributed by atoms with Crippen molar-refractivity contribution >= 4 is 23.2 Å². The molecule has 0 radical (unpaired) electrons. The molecule has 0 unspecified atom stereocenters. The van der Waals surface area contributed by atoms with Gasteiger partial charge < -0.3 is 19.4 Å². The molecule has 6 heteroatoms. The van der Waals surface area contributed by atoms with Crippen molar-refractivity contribution in [2.75, 3.05) is 39.4 Å². The monoisotopic (exact) mass is 356 g/mol. The van der Waals surface area contributed by atoms with E-state index in [4.69, 9.17) is 32.4 Å². The number of nitrogens with one attached hydrogen (secondary N) is 1. The van der Waals surface area contributed by atoms with Crippen LogP contribution in [0.4, 0.5) is 0 Å². The van der Waals surface area contributed by atoms with Gasteiger partial charge in [-0.05, 0) is 30.3 Å². The molecule has 3 N–H and O–H groups in total. The SMILES string of the molecule is Clc1cc(Cl)cc(-c2ccc(C[NH2+]CC[NH+]3CCOCC3)o2)c1. The number of hydrogen-bond donors (Lipinski definition) is 2. The highest BCUT2D eigenvalue weighted by Crippen LogP contribution is 2.28. The predicted molar refractivity (Wildman–Crippen MR) is 91.0 cm³/mol. The van der Waals surface area contributed by atoms with Gasteiger partial charge in [-0.15, -0.1) is 0 Å². The van der Waals surface area contributed by atoms with E-state index >= 15 is 0 Å². The van der Waals surface area contributed by atoms with Gasteiger partial charge in [0.25, 0.3) is 0 Å². The van der Waals surface area contributed by atoms with Crippen molar-refractivity contribution in [2.45, 2.75) is 6.54 Å².